The third kappa shape index (κ3) is 6.88. The van der Waals surface area contributed by atoms with Gasteiger partial charge in [0, 0.05) is 24.5 Å². The first-order chi connectivity index (χ1) is 13.8. The van der Waals surface area contributed by atoms with Gasteiger partial charge in [-0.25, -0.2) is 0 Å². The molecule has 1 aromatic carbocycles. The first-order valence-corrected chi connectivity index (χ1v) is 9.91. The van der Waals surface area contributed by atoms with Gasteiger partial charge in [-0.15, -0.1) is 0 Å². The van der Waals surface area contributed by atoms with Gasteiger partial charge < -0.3 is 5.32 Å². The van der Waals surface area contributed by atoms with Crippen LogP contribution in [0.5, 0.6) is 0 Å². The van der Waals surface area contributed by atoms with Crippen LogP contribution in [0.4, 0.5) is 0 Å². The van der Waals surface area contributed by atoms with Crippen molar-refractivity contribution in [2.45, 2.75) is 33.1 Å². The van der Waals surface area contributed by atoms with Gasteiger partial charge in [-0.1, -0.05) is 69.0 Å². The van der Waals surface area contributed by atoms with Crippen LogP contribution in [-0.2, 0) is 6.42 Å². The molecule has 3 rings (SSSR count). The van der Waals surface area contributed by atoms with E-state index in [9.17, 15) is 0 Å². The summed E-state index contributed by atoms with van der Waals surface area (Å²) in [5.41, 5.74) is 5.25. The molecule has 0 aliphatic heterocycles. The fraction of sp³-hybridized carbons (Fsp3) is 0.250. The van der Waals surface area contributed by atoms with Crippen molar-refractivity contribution in [2.24, 2.45) is 0 Å². The molecule has 0 saturated heterocycles. The summed E-state index contributed by atoms with van der Waals surface area (Å²) >= 11 is 0. The SMILES string of the molecule is C=C(NCCCCc1ccccc1)c1[nH]ncc1/C=C/c1cccnc1.CC. The summed E-state index contributed by atoms with van der Waals surface area (Å²) in [5, 5.41) is 10.6. The van der Waals surface area contributed by atoms with Gasteiger partial charge in [0.2, 0.25) is 0 Å². The maximum atomic E-state index is 4.15. The molecule has 0 atom stereocenters. The molecule has 3 aromatic rings. The average molecular weight is 375 g/mol. The van der Waals surface area contributed by atoms with Crippen LogP contribution in [0.15, 0.2) is 67.6 Å². The zero-order valence-electron chi connectivity index (χ0n) is 16.9. The van der Waals surface area contributed by atoms with Crippen molar-refractivity contribution in [1.29, 1.82) is 0 Å². The molecule has 0 spiro atoms. The highest BCUT2D eigenvalue weighted by Crippen LogP contribution is 2.16. The van der Waals surface area contributed by atoms with Gasteiger partial charge in [-0.3, -0.25) is 10.1 Å². The van der Waals surface area contributed by atoms with Crippen molar-refractivity contribution < 1.29 is 0 Å². The predicted molar refractivity (Wildman–Crippen MR) is 120 cm³/mol. The Morgan fingerprint density at radius 3 is 2.61 bits per heavy atom. The predicted octanol–water partition coefficient (Wildman–Crippen LogP) is 5.58. The molecular weight excluding hydrogens is 344 g/mol. The molecule has 0 bridgehead atoms. The van der Waals surface area contributed by atoms with E-state index in [4.69, 9.17) is 0 Å². The third-order valence-corrected chi connectivity index (χ3v) is 4.18. The Bertz CT molecular complexity index is 835. The van der Waals surface area contributed by atoms with E-state index in [1.54, 1.807) is 6.20 Å². The summed E-state index contributed by atoms with van der Waals surface area (Å²) in [5.74, 6) is 0. The number of aryl methyl sites for hydroxylation is 1. The zero-order valence-corrected chi connectivity index (χ0v) is 16.9. The molecular formula is C24H30N4. The topological polar surface area (TPSA) is 53.6 Å². The highest BCUT2D eigenvalue weighted by molar-refractivity contribution is 5.76. The van der Waals surface area contributed by atoms with E-state index < -0.39 is 0 Å². The fourth-order valence-corrected chi connectivity index (χ4v) is 2.75. The number of hydrogen-bond donors (Lipinski definition) is 2. The van der Waals surface area contributed by atoms with E-state index in [2.05, 4.69) is 57.4 Å². The molecule has 0 amide bonds. The van der Waals surface area contributed by atoms with Crippen LogP contribution in [0.3, 0.4) is 0 Å². The molecule has 2 N–H and O–H groups in total. The lowest BCUT2D eigenvalue weighted by Crippen LogP contribution is -2.14. The van der Waals surface area contributed by atoms with Gasteiger partial charge in [0.1, 0.15) is 0 Å². The Labute approximate surface area is 168 Å². The molecule has 0 aliphatic rings. The Morgan fingerprint density at radius 1 is 1.04 bits per heavy atom. The standard InChI is InChI=1S/C22H24N4.C2H6/c1-18(24-15-6-5-10-19-8-3-2-4-9-19)22-21(17-25-26-22)13-12-20-11-7-14-23-16-20;1-2/h2-4,7-9,11-14,16-17,24H,1,5-6,10,15H2,(H,25,26);1-2H3/b13-12+;. The number of aromatic nitrogens is 3. The molecule has 0 fully saturated rings. The largest absolute Gasteiger partial charge is 0.384 e. The lowest BCUT2D eigenvalue weighted by Gasteiger charge is -2.09. The molecule has 0 aliphatic carbocycles. The number of rotatable bonds is 9. The molecule has 4 nitrogen and oxygen atoms in total. The number of nitrogens with one attached hydrogen (secondary N) is 2. The van der Waals surface area contributed by atoms with E-state index in [1.807, 2.05) is 50.5 Å². The van der Waals surface area contributed by atoms with Gasteiger partial charge in [0.05, 0.1) is 17.6 Å². The third-order valence-electron chi connectivity index (χ3n) is 4.18. The van der Waals surface area contributed by atoms with Gasteiger partial charge in [-0.2, -0.15) is 5.10 Å². The number of aromatic amines is 1. The van der Waals surface area contributed by atoms with Gasteiger partial charge in [-0.05, 0) is 36.5 Å². The number of hydrogen-bond acceptors (Lipinski definition) is 3. The van der Waals surface area contributed by atoms with Crippen molar-refractivity contribution >= 4 is 17.8 Å². The van der Waals surface area contributed by atoms with Crippen molar-refractivity contribution in [1.82, 2.24) is 20.5 Å². The molecule has 4 heteroatoms. The molecule has 146 valence electrons. The number of benzene rings is 1. The second-order valence-corrected chi connectivity index (χ2v) is 6.17. The molecule has 0 radical (unpaired) electrons. The van der Waals surface area contributed by atoms with E-state index in [1.165, 1.54) is 5.56 Å². The highest BCUT2D eigenvalue weighted by Gasteiger charge is 2.06. The van der Waals surface area contributed by atoms with Crippen LogP contribution in [-0.4, -0.2) is 21.7 Å². The van der Waals surface area contributed by atoms with Crippen LogP contribution in [0.2, 0.25) is 0 Å². The minimum atomic E-state index is 0.869. The van der Waals surface area contributed by atoms with Gasteiger partial charge >= 0.3 is 0 Å². The van der Waals surface area contributed by atoms with Gasteiger partial charge in [0.25, 0.3) is 0 Å². The quantitative estimate of drug-likeness (QED) is 0.480. The second kappa shape index (κ2) is 12.3. The summed E-state index contributed by atoms with van der Waals surface area (Å²) in [6, 6.07) is 14.5. The minimum Gasteiger partial charge on any atom is -0.384 e. The molecule has 2 aromatic heterocycles. The average Bonchev–Trinajstić information content (AvgIpc) is 3.24. The Kier molecular flexibility index (Phi) is 9.28. The van der Waals surface area contributed by atoms with E-state index in [0.717, 1.165) is 48.3 Å². The summed E-state index contributed by atoms with van der Waals surface area (Å²) in [7, 11) is 0. The number of H-pyrrole nitrogens is 1. The summed E-state index contributed by atoms with van der Waals surface area (Å²) in [6.07, 6.45) is 12.8. The number of nitrogens with zero attached hydrogens (tertiary/aromatic N) is 2. The van der Waals surface area contributed by atoms with Crippen molar-refractivity contribution in [3.8, 4) is 0 Å². The zero-order chi connectivity index (χ0) is 20.0. The Morgan fingerprint density at radius 2 is 1.86 bits per heavy atom. The number of pyridine rings is 1. The van der Waals surface area contributed by atoms with Crippen LogP contribution in [0, 0.1) is 0 Å². The normalized spacial score (nSPS) is 10.4. The van der Waals surface area contributed by atoms with Gasteiger partial charge in [0.15, 0.2) is 0 Å². The molecule has 2 heterocycles. The first kappa shape index (κ1) is 21.2. The van der Waals surface area contributed by atoms with Crippen LogP contribution < -0.4 is 5.32 Å². The van der Waals surface area contributed by atoms with Crippen molar-refractivity contribution in [3.63, 3.8) is 0 Å². The van der Waals surface area contributed by atoms with E-state index >= 15 is 0 Å². The summed E-state index contributed by atoms with van der Waals surface area (Å²) in [6.45, 7) is 9.04. The number of unbranched alkanes of at least 4 members (excludes halogenated alkanes) is 1. The van der Waals surface area contributed by atoms with E-state index in [-0.39, 0.29) is 0 Å². The lowest BCUT2D eigenvalue weighted by molar-refractivity contribution is 0.701. The summed E-state index contributed by atoms with van der Waals surface area (Å²) < 4.78 is 0. The highest BCUT2D eigenvalue weighted by atomic mass is 15.1. The van der Waals surface area contributed by atoms with Crippen molar-refractivity contribution in [2.75, 3.05) is 6.54 Å². The Balaban J connectivity index is 0.00000136. The smallest absolute Gasteiger partial charge is 0.0875 e. The summed E-state index contributed by atoms with van der Waals surface area (Å²) in [4.78, 5) is 4.12. The molecule has 28 heavy (non-hydrogen) atoms. The first-order valence-electron chi connectivity index (χ1n) is 9.91. The Hall–Kier alpha value is -3.14. The van der Waals surface area contributed by atoms with Crippen LogP contribution in [0.1, 0.15) is 49.1 Å². The van der Waals surface area contributed by atoms with Crippen LogP contribution in [0.25, 0.3) is 17.8 Å². The monoisotopic (exact) mass is 374 g/mol. The maximum Gasteiger partial charge on any atom is 0.0875 e. The molecule has 0 unspecified atom stereocenters. The van der Waals surface area contributed by atoms with Crippen LogP contribution >= 0.6 is 0 Å². The van der Waals surface area contributed by atoms with E-state index in [0.29, 0.717) is 0 Å². The maximum absolute atomic E-state index is 4.15. The lowest BCUT2D eigenvalue weighted by atomic mass is 10.1. The fourth-order valence-electron chi connectivity index (χ4n) is 2.75. The minimum absolute atomic E-state index is 0.869. The molecule has 0 saturated carbocycles. The van der Waals surface area contributed by atoms with Crippen molar-refractivity contribution in [3.05, 3.63) is 90.0 Å². The second-order valence-electron chi connectivity index (χ2n) is 6.17.